The summed E-state index contributed by atoms with van der Waals surface area (Å²) in [6.45, 7) is 0. The molecule has 2 N–H and O–H groups in total. The van der Waals surface area contributed by atoms with E-state index in [0.29, 0.717) is 5.02 Å². The number of rotatable bonds is 4. The molecule has 0 spiro atoms. The van der Waals surface area contributed by atoms with Gasteiger partial charge in [-0.15, -0.1) is 0 Å². The van der Waals surface area contributed by atoms with Gasteiger partial charge < -0.3 is 5.32 Å². The van der Waals surface area contributed by atoms with Crippen LogP contribution >= 0.6 is 34.8 Å². The zero-order valence-corrected chi connectivity index (χ0v) is 10.1. The van der Waals surface area contributed by atoms with Gasteiger partial charge in [-0.05, 0) is 23.7 Å². The standard InChI is InChI=1S/C9H6Cl3N3O/c10-5-2-1-3-14-9(5)15-6(8(12)16)4-7(11)13/h1-4,13H,(H,14,15)/b6-4-,13-7?. The summed E-state index contributed by atoms with van der Waals surface area (Å²) in [7, 11) is 0. The zero-order valence-electron chi connectivity index (χ0n) is 7.80. The minimum absolute atomic E-state index is 0.0673. The van der Waals surface area contributed by atoms with Crippen molar-refractivity contribution in [1.29, 1.82) is 5.41 Å². The summed E-state index contributed by atoms with van der Waals surface area (Å²) in [5.74, 6) is 0.266. The number of pyridine rings is 1. The first-order valence-corrected chi connectivity index (χ1v) is 5.17. The van der Waals surface area contributed by atoms with Crippen molar-refractivity contribution in [1.82, 2.24) is 4.98 Å². The predicted molar refractivity (Wildman–Crippen MR) is 65.4 cm³/mol. The highest BCUT2D eigenvalue weighted by atomic mass is 35.5. The Hall–Kier alpha value is -1.10. The maximum Gasteiger partial charge on any atom is 0.268 e. The number of anilines is 1. The van der Waals surface area contributed by atoms with Gasteiger partial charge in [-0.25, -0.2) is 4.98 Å². The molecule has 0 aliphatic carbocycles. The molecule has 84 valence electrons. The van der Waals surface area contributed by atoms with Gasteiger partial charge in [-0.3, -0.25) is 10.2 Å². The van der Waals surface area contributed by atoms with E-state index in [9.17, 15) is 4.79 Å². The third-order valence-electron chi connectivity index (χ3n) is 1.49. The Morgan fingerprint density at radius 3 is 2.69 bits per heavy atom. The molecule has 0 aromatic carbocycles. The van der Waals surface area contributed by atoms with Crippen molar-refractivity contribution in [3.63, 3.8) is 0 Å². The van der Waals surface area contributed by atoms with Gasteiger partial charge in [0.2, 0.25) is 0 Å². The molecule has 1 heterocycles. The van der Waals surface area contributed by atoms with E-state index in [1.54, 1.807) is 12.1 Å². The average Bonchev–Trinajstić information content (AvgIpc) is 2.19. The molecule has 0 saturated carbocycles. The summed E-state index contributed by atoms with van der Waals surface area (Å²) in [6, 6.07) is 3.24. The summed E-state index contributed by atoms with van der Waals surface area (Å²) in [5, 5.41) is 8.82. The van der Waals surface area contributed by atoms with Gasteiger partial charge in [-0.2, -0.15) is 0 Å². The Morgan fingerprint density at radius 1 is 1.50 bits per heavy atom. The third-order valence-corrected chi connectivity index (χ3v) is 2.11. The second kappa shape index (κ2) is 5.84. The number of nitrogens with zero attached hydrogens (tertiary/aromatic N) is 1. The molecule has 0 radical (unpaired) electrons. The van der Waals surface area contributed by atoms with Crippen molar-refractivity contribution in [2.75, 3.05) is 5.32 Å². The van der Waals surface area contributed by atoms with E-state index in [0.717, 1.165) is 6.08 Å². The lowest BCUT2D eigenvalue weighted by atomic mass is 10.4. The van der Waals surface area contributed by atoms with E-state index < -0.39 is 5.24 Å². The molecule has 0 aliphatic rings. The van der Waals surface area contributed by atoms with Crippen molar-refractivity contribution >= 4 is 51.0 Å². The van der Waals surface area contributed by atoms with Crippen LogP contribution in [0, 0.1) is 5.41 Å². The lowest BCUT2D eigenvalue weighted by Crippen LogP contribution is -2.08. The molecule has 4 nitrogen and oxygen atoms in total. The molecule has 0 saturated heterocycles. The van der Waals surface area contributed by atoms with Crippen LogP contribution in [0.25, 0.3) is 0 Å². The van der Waals surface area contributed by atoms with E-state index in [1.165, 1.54) is 6.20 Å². The summed E-state index contributed by atoms with van der Waals surface area (Å²) < 4.78 is 0. The molecule has 0 atom stereocenters. The molecule has 16 heavy (non-hydrogen) atoms. The fourth-order valence-electron chi connectivity index (χ4n) is 0.874. The number of hydrogen-bond acceptors (Lipinski definition) is 4. The SMILES string of the molecule is N=C(Cl)/C=C(\Nc1ncccc1Cl)C(=O)Cl. The molecule has 0 unspecified atom stereocenters. The molecule has 1 rings (SSSR count). The average molecular weight is 279 g/mol. The molecule has 7 heteroatoms. The Bertz CT molecular complexity index is 459. The van der Waals surface area contributed by atoms with Gasteiger partial charge in [-0.1, -0.05) is 23.2 Å². The first-order valence-electron chi connectivity index (χ1n) is 4.04. The predicted octanol–water partition coefficient (Wildman–Crippen LogP) is 3.01. The van der Waals surface area contributed by atoms with Crippen molar-refractivity contribution in [3.05, 3.63) is 35.1 Å². The Balaban J connectivity index is 2.98. The van der Waals surface area contributed by atoms with Crippen LogP contribution in [0.2, 0.25) is 5.02 Å². The first-order chi connectivity index (χ1) is 7.50. The van der Waals surface area contributed by atoms with Crippen LogP contribution in [0.1, 0.15) is 0 Å². The second-order valence-electron chi connectivity index (χ2n) is 2.64. The lowest BCUT2D eigenvalue weighted by Gasteiger charge is -2.06. The van der Waals surface area contributed by atoms with Crippen LogP contribution < -0.4 is 5.32 Å². The van der Waals surface area contributed by atoms with Gasteiger partial charge in [0.25, 0.3) is 5.24 Å². The molecule has 0 aliphatic heterocycles. The summed E-state index contributed by atoms with van der Waals surface area (Å²) in [4.78, 5) is 14.9. The highest BCUT2D eigenvalue weighted by molar-refractivity contribution is 6.71. The van der Waals surface area contributed by atoms with E-state index >= 15 is 0 Å². The number of halogens is 3. The van der Waals surface area contributed by atoms with Crippen LogP contribution in [0.5, 0.6) is 0 Å². The van der Waals surface area contributed by atoms with Gasteiger partial charge in [0.05, 0.1) is 5.02 Å². The van der Waals surface area contributed by atoms with Crippen LogP contribution in [-0.4, -0.2) is 15.4 Å². The molecular formula is C9H6Cl3N3O. The molecule has 1 aromatic rings. The number of carbonyl (C=O) groups is 1. The van der Waals surface area contributed by atoms with Crippen LogP contribution in [-0.2, 0) is 4.79 Å². The normalized spacial score (nSPS) is 11.1. The minimum Gasteiger partial charge on any atom is -0.335 e. The number of allylic oxidation sites excluding steroid dienone is 2. The zero-order chi connectivity index (χ0) is 12.1. The fraction of sp³-hybridized carbons (Fsp3) is 0. The lowest BCUT2D eigenvalue weighted by molar-refractivity contribution is -0.108. The summed E-state index contributed by atoms with van der Waals surface area (Å²) in [6.07, 6.45) is 2.57. The first kappa shape index (κ1) is 13.0. The number of hydrogen-bond donors (Lipinski definition) is 2. The highest BCUT2D eigenvalue weighted by Gasteiger charge is 2.09. The largest absolute Gasteiger partial charge is 0.335 e. The highest BCUT2D eigenvalue weighted by Crippen LogP contribution is 2.19. The van der Waals surface area contributed by atoms with Gasteiger partial charge in [0.1, 0.15) is 16.7 Å². The van der Waals surface area contributed by atoms with Gasteiger partial charge in [0.15, 0.2) is 0 Å². The Morgan fingerprint density at radius 2 is 2.19 bits per heavy atom. The van der Waals surface area contributed by atoms with Crippen LogP contribution in [0.3, 0.4) is 0 Å². The maximum absolute atomic E-state index is 11.0. The Labute approximate surface area is 107 Å². The Kier molecular flexibility index (Phi) is 4.73. The summed E-state index contributed by atoms with van der Waals surface area (Å²) in [5.41, 5.74) is -0.0673. The maximum atomic E-state index is 11.0. The topological polar surface area (TPSA) is 65.8 Å². The minimum atomic E-state index is -0.785. The van der Waals surface area contributed by atoms with Gasteiger partial charge in [0, 0.05) is 12.3 Å². The molecule has 0 fully saturated rings. The van der Waals surface area contributed by atoms with E-state index in [2.05, 4.69) is 10.3 Å². The van der Waals surface area contributed by atoms with Crippen molar-refractivity contribution < 1.29 is 4.79 Å². The fourth-order valence-corrected chi connectivity index (χ4v) is 1.25. The smallest absolute Gasteiger partial charge is 0.268 e. The number of aromatic nitrogens is 1. The van der Waals surface area contributed by atoms with Crippen molar-refractivity contribution in [2.45, 2.75) is 0 Å². The van der Waals surface area contributed by atoms with Crippen LogP contribution in [0.4, 0.5) is 5.82 Å². The second-order valence-corrected chi connectivity index (χ2v) is 3.80. The van der Waals surface area contributed by atoms with E-state index in [4.69, 9.17) is 40.2 Å². The molecule has 0 amide bonds. The quantitative estimate of drug-likeness (QED) is 0.505. The molecular weight excluding hydrogens is 272 g/mol. The third kappa shape index (κ3) is 3.81. The van der Waals surface area contributed by atoms with E-state index in [1.807, 2.05) is 0 Å². The molecule has 1 aromatic heterocycles. The summed E-state index contributed by atoms with van der Waals surface area (Å²) >= 11 is 16.4. The number of nitrogens with one attached hydrogen (secondary N) is 2. The van der Waals surface area contributed by atoms with Crippen molar-refractivity contribution in [3.8, 4) is 0 Å². The number of carbonyl (C=O) groups excluding carboxylic acids is 1. The van der Waals surface area contributed by atoms with Crippen LogP contribution in [0.15, 0.2) is 30.1 Å². The molecule has 0 bridgehead atoms. The van der Waals surface area contributed by atoms with Gasteiger partial charge >= 0.3 is 0 Å². The monoisotopic (exact) mass is 277 g/mol. The van der Waals surface area contributed by atoms with E-state index in [-0.39, 0.29) is 16.7 Å². The van der Waals surface area contributed by atoms with Crippen molar-refractivity contribution in [2.24, 2.45) is 0 Å².